The molecule has 3 heterocycles. The number of nitrogens with one attached hydrogen (secondary N) is 3. The van der Waals surface area contributed by atoms with Gasteiger partial charge in [0.15, 0.2) is 11.6 Å². The SMILES string of the molecule is COc1cc2ccnc(O[C@@H]3C[C@H]4C(=O)N[C@]5(C(=O)NS(=O)(=O)C6(CF)CC6)C[C@H]5/C=C\CC[C@@H](C)C[C@@H](C)[C@H](NC(=O)c5ccccc5C(F)(F)F)C(=O)N4C3)c2cc1F. The predicted molar refractivity (Wildman–Crippen MR) is 211 cm³/mol. The fourth-order valence-corrected chi connectivity index (χ4v) is 9.88. The highest BCUT2D eigenvalue weighted by Gasteiger charge is 2.64. The van der Waals surface area contributed by atoms with Gasteiger partial charge in [0.05, 0.1) is 24.8 Å². The molecule has 2 saturated carbocycles. The molecule has 7 rings (SSSR count). The van der Waals surface area contributed by atoms with Crippen LogP contribution in [0.2, 0.25) is 0 Å². The minimum atomic E-state index is -4.90. The number of halogens is 5. The van der Waals surface area contributed by atoms with Gasteiger partial charge in [-0.15, -0.1) is 0 Å². The largest absolute Gasteiger partial charge is 0.494 e. The van der Waals surface area contributed by atoms with Gasteiger partial charge in [-0.05, 0) is 86.1 Å². The molecule has 0 spiro atoms. The highest BCUT2D eigenvalue weighted by Crippen LogP contribution is 2.48. The summed E-state index contributed by atoms with van der Waals surface area (Å²) >= 11 is 0. The number of nitrogens with zero attached hydrogens (tertiary/aromatic N) is 2. The molecule has 0 bridgehead atoms. The number of allylic oxidation sites excluding steroid dienone is 1. The van der Waals surface area contributed by atoms with Crippen molar-refractivity contribution in [1.82, 2.24) is 25.2 Å². The molecule has 0 radical (unpaired) electrons. The molecule has 0 unspecified atom stereocenters. The molecule has 3 fully saturated rings. The average Bonchev–Trinajstić information content (AvgIpc) is 4.12. The molecule has 3 N–H and O–H groups in total. The minimum absolute atomic E-state index is 0.0111. The average molecular weight is 876 g/mol. The maximum atomic E-state index is 14.9. The molecule has 19 heteroatoms. The summed E-state index contributed by atoms with van der Waals surface area (Å²) in [4.78, 5) is 62.5. The van der Waals surface area contributed by atoms with E-state index in [2.05, 4.69) is 15.6 Å². The van der Waals surface area contributed by atoms with Gasteiger partial charge < -0.3 is 25.0 Å². The van der Waals surface area contributed by atoms with Crippen LogP contribution in [0.25, 0.3) is 10.8 Å². The van der Waals surface area contributed by atoms with Gasteiger partial charge in [-0.25, -0.2) is 22.2 Å². The number of hydrogen-bond acceptors (Lipinski definition) is 9. The van der Waals surface area contributed by atoms with Crippen molar-refractivity contribution in [1.29, 1.82) is 0 Å². The molecule has 4 amide bonds. The van der Waals surface area contributed by atoms with E-state index in [4.69, 9.17) is 9.47 Å². The predicted octanol–water partition coefficient (Wildman–Crippen LogP) is 5.38. The maximum absolute atomic E-state index is 14.9. The second-order valence-electron chi connectivity index (χ2n) is 16.6. The Balaban J connectivity index is 1.26. The third-order valence-corrected chi connectivity index (χ3v) is 14.4. The topological polar surface area (TPSA) is 173 Å². The van der Waals surface area contributed by atoms with Crippen molar-refractivity contribution < 1.29 is 59.0 Å². The lowest BCUT2D eigenvalue weighted by Crippen LogP contribution is -2.59. The number of methoxy groups -OCH3 is 1. The Morgan fingerprint density at radius 2 is 1.82 bits per heavy atom. The van der Waals surface area contributed by atoms with Gasteiger partial charge in [-0.3, -0.25) is 23.9 Å². The van der Waals surface area contributed by atoms with Crippen LogP contribution in [-0.4, -0.2) is 90.7 Å². The molecule has 2 aromatic carbocycles. The third-order valence-electron chi connectivity index (χ3n) is 12.3. The van der Waals surface area contributed by atoms with Gasteiger partial charge in [0.2, 0.25) is 27.7 Å². The summed E-state index contributed by atoms with van der Waals surface area (Å²) in [6.45, 7) is 2.05. The molecule has 328 valence electrons. The van der Waals surface area contributed by atoms with E-state index >= 15 is 0 Å². The molecule has 61 heavy (non-hydrogen) atoms. The molecule has 7 atom stereocenters. The number of sulfonamides is 1. The number of amides is 4. The van der Waals surface area contributed by atoms with E-state index in [1.54, 1.807) is 25.1 Å². The number of ether oxygens (including phenoxy) is 2. The summed E-state index contributed by atoms with van der Waals surface area (Å²) in [5.74, 6) is -6.20. The van der Waals surface area contributed by atoms with E-state index in [1.807, 2.05) is 11.6 Å². The van der Waals surface area contributed by atoms with E-state index in [1.165, 1.54) is 25.4 Å². The van der Waals surface area contributed by atoms with Crippen LogP contribution in [0.15, 0.2) is 60.8 Å². The normalized spacial score (nSPS) is 28.3. The Morgan fingerprint density at radius 1 is 1.08 bits per heavy atom. The molecular weight excluding hydrogens is 830 g/mol. The van der Waals surface area contributed by atoms with Gasteiger partial charge in [-0.2, -0.15) is 13.2 Å². The van der Waals surface area contributed by atoms with E-state index in [0.29, 0.717) is 24.6 Å². The van der Waals surface area contributed by atoms with Crippen LogP contribution < -0.4 is 24.8 Å². The lowest BCUT2D eigenvalue weighted by atomic mass is 9.87. The number of benzene rings is 2. The standard InChI is InChI=1S/C42H46F5N5O8S/c1-23-8-4-5-9-26-20-41(26,39(56)51-61(57,58)40(22-43)13-14-40)50-36(54)32-18-27(60-37-29-19-31(44)33(59-3)17-25(29)12-15-48-37)21-52(32)38(55)34(24(2)16-23)49-35(53)28-10-6-7-11-30(28)42(45,46)47/h5-7,9-12,15,17,19,23-24,26-27,32,34H,4,8,13-14,16,18,20-22H2,1-3H3,(H,49,53)(H,50,54)(H,51,56)/b9-5-/t23-,24-,26-,27-,32+,34+,41-/m1/s1. The third kappa shape index (κ3) is 8.62. The van der Waals surface area contributed by atoms with Crippen LogP contribution >= 0.6 is 0 Å². The van der Waals surface area contributed by atoms with Crippen LogP contribution in [0.4, 0.5) is 22.0 Å². The highest BCUT2D eigenvalue weighted by atomic mass is 32.2. The quantitative estimate of drug-likeness (QED) is 0.189. The number of carbonyl (C=O) groups excluding carboxylic acids is 4. The zero-order valence-corrected chi connectivity index (χ0v) is 34.4. The first kappa shape index (κ1) is 43.7. The van der Waals surface area contributed by atoms with Gasteiger partial charge in [0.1, 0.15) is 35.1 Å². The summed E-state index contributed by atoms with van der Waals surface area (Å²) in [5, 5.41) is 5.97. The fourth-order valence-electron chi connectivity index (χ4n) is 8.45. The summed E-state index contributed by atoms with van der Waals surface area (Å²) in [6, 6.07) is 5.43. The van der Waals surface area contributed by atoms with E-state index in [0.717, 1.165) is 29.2 Å². The van der Waals surface area contributed by atoms with E-state index < -0.39 is 104 Å². The van der Waals surface area contributed by atoms with Gasteiger partial charge in [0.25, 0.3) is 11.8 Å². The number of fused-ring (bicyclic) bond motifs is 3. The Kier molecular flexibility index (Phi) is 11.8. The van der Waals surface area contributed by atoms with Crippen molar-refractivity contribution in [3.63, 3.8) is 0 Å². The van der Waals surface area contributed by atoms with Crippen molar-refractivity contribution in [2.45, 2.75) is 93.4 Å². The molecule has 4 aliphatic rings. The van der Waals surface area contributed by atoms with E-state index in [-0.39, 0.29) is 55.2 Å². The van der Waals surface area contributed by atoms with Gasteiger partial charge in [-0.1, -0.05) is 38.1 Å². The zero-order chi connectivity index (χ0) is 44.1. The lowest BCUT2D eigenvalue weighted by Gasteiger charge is -2.33. The Labute approximate surface area is 348 Å². The van der Waals surface area contributed by atoms with Crippen molar-refractivity contribution >= 4 is 44.4 Å². The Hall–Kier alpha value is -5.33. The smallest absolute Gasteiger partial charge is 0.417 e. The maximum Gasteiger partial charge on any atom is 0.417 e. The van der Waals surface area contributed by atoms with Gasteiger partial charge >= 0.3 is 6.18 Å². The highest BCUT2D eigenvalue weighted by molar-refractivity contribution is 7.91. The molecule has 1 saturated heterocycles. The van der Waals surface area contributed by atoms with Crippen molar-refractivity contribution in [2.24, 2.45) is 17.8 Å². The van der Waals surface area contributed by atoms with Crippen LogP contribution in [0.1, 0.15) is 74.7 Å². The molecule has 1 aromatic heterocycles. The summed E-state index contributed by atoms with van der Waals surface area (Å²) in [5.41, 5.74) is -3.73. The van der Waals surface area contributed by atoms with Crippen molar-refractivity contribution in [3.05, 3.63) is 77.8 Å². The number of carbonyl (C=O) groups is 4. The van der Waals surface area contributed by atoms with Gasteiger partial charge in [0, 0.05) is 23.9 Å². The molecular formula is C42H46F5N5O8S. The first-order valence-electron chi connectivity index (χ1n) is 20.0. The van der Waals surface area contributed by atoms with Crippen LogP contribution in [0, 0.1) is 23.6 Å². The Morgan fingerprint density at radius 3 is 2.51 bits per heavy atom. The number of rotatable bonds is 9. The molecule has 13 nitrogen and oxygen atoms in total. The first-order chi connectivity index (χ1) is 28.8. The number of alkyl halides is 4. The summed E-state index contributed by atoms with van der Waals surface area (Å²) in [6.07, 6.45) is 0.131. The Bertz CT molecular complexity index is 2380. The summed E-state index contributed by atoms with van der Waals surface area (Å²) in [7, 11) is -3.19. The molecule has 2 aliphatic carbocycles. The van der Waals surface area contributed by atoms with Crippen LogP contribution in [0.3, 0.4) is 0 Å². The van der Waals surface area contributed by atoms with Crippen LogP contribution in [-0.2, 0) is 30.6 Å². The number of hydrogen-bond donors (Lipinski definition) is 3. The van der Waals surface area contributed by atoms with E-state index in [9.17, 15) is 49.5 Å². The molecule has 3 aromatic rings. The fraction of sp³-hybridized carbons (Fsp3) is 0.500. The molecule has 2 aliphatic heterocycles. The number of pyridine rings is 1. The second kappa shape index (κ2) is 16.5. The van der Waals surface area contributed by atoms with Crippen LogP contribution in [0.5, 0.6) is 11.6 Å². The summed E-state index contributed by atoms with van der Waals surface area (Å²) < 4.78 is 109. The monoisotopic (exact) mass is 875 g/mol. The minimum Gasteiger partial charge on any atom is -0.494 e. The first-order valence-corrected chi connectivity index (χ1v) is 21.5. The second-order valence-corrected chi connectivity index (χ2v) is 18.7. The van der Waals surface area contributed by atoms with Crippen molar-refractivity contribution in [3.8, 4) is 11.6 Å². The van der Waals surface area contributed by atoms with Crippen molar-refractivity contribution in [2.75, 3.05) is 20.3 Å². The zero-order valence-electron chi connectivity index (χ0n) is 33.6. The number of aromatic nitrogens is 1. The lowest BCUT2D eigenvalue weighted by molar-refractivity contribution is -0.142.